The summed E-state index contributed by atoms with van der Waals surface area (Å²) in [5, 5.41) is 8.61. The van der Waals surface area contributed by atoms with E-state index in [4.69, 9.17) is 18.4 Å². The SMILES string of the molecule is CO[Si](CCCCCCCCCCCCCCCCCCCCCCCC(=O)O)(OC)OC. The van der Waals surface area contributed by atoms with E-state index in [0.29, 0.717) is 6.42 Å². The molecular formula is C27H56O5Si. The number of unbranched alkanes of at least 4 members (excludes halogenated alkanes) is 20. The minimum atomic E-state index is -2.35. The van der Waals surface area contributed by atoms with Gasteiger partial charge in [-0.15, -0.1) is 0 Å². The summed E-state index contributed by atoms with van der Waals surface area (Å²) < 4.78 is 16.4. The molecule has 33 heavy (non-hydrogen) atoms. The van der Waals surface area contributed by atoms with E-state index < -0.39 is 14.8 Å². The maximum atomic E-state index is 10.4. The van der Waals surface area contributed by atoms with Crippen molar-refractivity contribution < 1.29 is 23.2 Å². The molecule has 0 aliphatic rings. The van der Waals surface area contributed by atoms with Crippen molar-refractivity contribution in [3.8, 4) is 0 Å². The zero-order valence-electron chi connectivity index (χ0n) is 22.3. The molecule has 1 N–H and O–H groups in total. The number of carboxylic acids is 1. The van der Waals surface area contributed by atoms with Gasteiger partial charge in [0.25, 0.3) is 0 Å². The summed E-state index contributed by atoms with van der Waals surface area (Å²) in [6.07, 6.45) is 27.9. The monoisotopic (exact) mass is 488 g/mol. The number of carbonyl (C=O) groups is 1. The average molecular weight is 489 g/mol. The van der Waals surface area contributed by atoms with E-state index in [9.17, 15) is 4.79 Å². The Bertz CT molecular complexity index is 407. The molecule has 0 spiro atoms. The highest BCUT2D eigenvalue weighted by molar-refractivity contribution is 6.60. The second kappa shape index (κ2) is 24.7. The normalized spacial score (nSPS) is 11.8. The Balaban J connectivity index is 3.17. The molecule has 0 rings (SSSR count). The summed E-state index contributed by atoms with van der Waals surface area (Å²) in [6, 6.07) is 0.925. The van der Waals surface area contributed by atoms with E-state index in [0.717, 1.165) is 25.3 Å². The molecule has 0 aliphatic heterocycles. The Hall–Kier alpha value is -0.433. The van der Waals surface area contributed by atoms with E-state index in [2.05, 4.69) is 0 Å². The van der Waals surface area contributed by atoms with Crippen molar-refractivity contribution in [3.05, 3.63) is 0 Å². The Morgan fingerprint density at radius 2 is 0.727 bits per heavy atom. The molecule has 0 amide bonds. The number of rotatable bonds is 27. The summed E-state index contributed by atoms with van der Waals surface area (Å²) in [6.45, 7) is 0. The maximum absolute atomic E-state index is 10.4. The van der Waals surface area contributed by atoms with Crippen molar-refractivity contribution in [3.63, 3.8) is 0 Å². The molecule has 0 aromatic carbocycles. The van der Waals surface area contributed by atoms with E-state index in [1.807, 2.05) is 0 Å². The zero-order chi connectivity index (χ0) is 24.5. The van der Waals surface area contributed by atoms with Crippen molar-refractivity contribution in [2.24, 2.45) is 0 Å². The quantitative estimate of drug-likeness (QED) is 0.0926. The first kappa shape index (κ1) is 32.6. The molecule has 0 radical (unpaired) electrons. The molecule has 0 heterocycles. The summed E-state index contributed by atoms with van der Waals surface area (Å²) in [7, 11) is 2.73. The fourth-order valence-electron chi connectivity index (χ4n) is 4.53. The van der Waals surface area contributed by atoms with Gasteiger partial charge < -0.3 is 18.4 Å². The number of aliphatic carboxylic acids is 1. The number of hydrogen-bond donors (Lipinski definition) is 1. The molecular weight excluding hydrogens is 432 g/mol. The molecule has 0 bridgehead atoms. The first-order valence-electron chi connectivity index (χ1n) is 14.0. The van der Waals surface area contributed by atoms with Crippen LogP contribution in [0.1, 0.15) is 141 Å². The first-order chi connectivity index (χ1) is 16.1. The van der Waals surface area contributed by atoms with Crippen molar-refractivity contribution in [1.82, 2.24) is 0 Å². The predicted octanol–water partition coefficient (Wildman–Crippen LogP) is 8.53. The summed E-state index contributed by atoms with van der Waals surface area (Å²) >= 11 is 0. The van der Waals surface area contributed by atoms with Crippen LogP contribution in [-0.4, -0.2) is 41.2 Å². The van der Waals surface area contributed by atoms with Gasteiger partial charge in [-0.3, -0.25) is 4.79 Å². The van der Waals surface area contributed by atoms with Gasteiger partial charge in [-0.25, -0.2) is 0 Å². The third-order valence-corrected chi connectivity index (χ3v) is 9.64. The van der Waals surface area contributed by atoms with Crippen molar-refractivity contribution in [2.45, 2.75) is 147 Å². The fourth-order valence-corrected chi connectivity index (χ4v) is 6.33. The van der Waals surface area contributed by atoms with Crippen LogP contribution in [0.4, 0.5) is 0 Å². The molecule has 0 aromatic heterocycles. The van der Waals surface area contributed by atoms with Crippen LogP contribution < -0.4 is 0 Å². The van der Waals surface area contributed by atoms with Crippen LogP contribution in [0.3, 0.4) is 0 Å². The maximum Gasteiger partial charge on any atom is 0.500 e. The van der Waals surface area contributed by atoms with Crippen LogP contribution in [0.2, 0.25) is 6.04 Å². The van der Waals surface area contributed by atoms with Gasteiger partial charge in [0, 0.05) is 33.8 Å². The molecule has 6 heteroatoms. The molecule has 0 unspecified atom stereocenters. The summed E-state index contributed by atoms with van der Waals surface area (Å²) in [5.41, 5.74) is 0. The zero-order valence-corrected chi connectivity index (χ0v) is 23.3. The molecule has 0 aliphatic carbocycles. The highest BCUT2D eigenvalue weighted by Crippen LogP contribution is 2.19. The highest BCUT2D eigenvalue weighted by atomic mass is 28.4. The van der Waals surface area contributed by atoms with E-state index in [1.165, 1.54) is 116 Å². The third-order valence-electron chi connectivity index (χ3n) is 6.81. The Labute approximate surface area is 206 Å². The molecule has 0 saturated carbocycles. The van der Waals surface area contributed by atoms with E-state index >= 15 is 0 Å². The number of hydrogen-bond acceptors (Lipinski definition) is 4. The van der Waals surface area contributed by atoms with Gasteiger partial charge in [-0.1, -0.05) is 122 Å². The van der Waals surface area contributed by atoms with Gasteiger partial charge in [0.1, 0.15) is 0 Å². The van der Waals surface area contributed by atoms with Crippen LogP contribution in [0.15, 0.2) is 0 Å². The lowest BCUT2D eigenvalue weighted by Crippen LogP contribution is -2.42. The lowest BCUT2D eigenvalue weighted by Gasteiger charge is -2.24. The summed E-state index contributed by atoms with van der Waals surface area (Å²) in [4.78, 5) is 10.4. The van der Waals surface area contributed by atoms with Gasteiger partial charge in [0.2, 0.25) is 0 Å². The van der Waals surface area contributed by atoms with Crippen molar-refractivity contribution >= 4 is 14.8 Å². The smallest absolute Gasteiger partial charge is 0.481 e. The topological polar surface area (TPSA) is 65.0 Å². The van der Waals surface area contributed by atoms with Crippen LogP contribution in [0, 0.1) is 0 Å². The third kappa shape index (κ3) is 21.8. The minimum Gasteiger partial charge on any atom is -0.481 e. The molecule has 5 nitrogen and oxygen atoms in total. The van der Waals surface area contributed by atoms with Gasteiger partial charge in [-0.2, -0.15) is 0 Å². The Kier molecular flexibility index (Phi) is 24.4. The molecule has 0 atom stereocenters. The van der Waals surface area contributed by atoms with Gasteiger partial charge in [-0.05, 0) is 12.8 Å². The second-order valence-corrected chi connectivity index (χ2v) is 12.7. The predicted molar refractivity (Wildman–Crippen MR) is 141 cm³/mol. The highest BCUT2D eigenvalue weighted by Gasteiger charge is 2.36. The van der Waals surface area contributed by atoms with Crippen molar-refractivity contribution in [1.29, 1.82) is 0 Å². The van der Waals surface area contributed by atoms with Gasteiger partial charge in [0.05, 0.1) is 0 Å². The van der Waals surface area contributed by atoms with Crippen molar-refractivity contribution in [2.75, 3.05) is 21.3 Å². The molecule has 0 aromatic rings. The van der Waals surface area contributed by atoms with Crippen LogP contribution >= 0.6 is 0 Å². The van der Waals surface area contributed by atoms with E-state index in [-0.39, 0.29) is 0 Å². The average Bonchev–Trinajstić information content (AvgIpc) is 2.82. The largest absolute Gasteiger partial charge is 0.500 e. The minimum absolute atomic E-state index is 0.337. The van der Waals surface area contributed by atoms with Crippen LogP contribution in [0.5, 0.6) is 0 Å². The van der Waals surface area contributed by atoms with Gasteiger partial charge in [0.15, 0.2) is 0 Å². The fraction of sp³-hybridized carbons (Fsp3) is 0.963. The Morgan fingerprint density at radius 3 is 0.970 bits per heavy atom. The van der Waals surface area contributed by atoms with E-state index in [1.54, 1.807) is 21.3 Å². The number of carboxylic acid groups (broad SMARTS) is 1. The van der Waals surface area contributed by atoms with Crippen LogP contribution in [0.25, 0.3) is 0 Å². The Morgan fingerprint density at radius 1 is 0.485 bits per heavy atom. The lowest BCUT2D eigenvalue weighted by molar-refractivity contribution is -0.137. The van der Waals surface area contributed by atoms with Gasteiger partial charge >= 0.3 is 14.8 Å². The molecule has 0 fully saturated rings. The summed E-state index contributed by atoms with van der Waals surface area (Å²) in [5.74, 6) is -0.657. The standard InChI is InChI=1S/C27H56O5Si/c1-30-33(31-2,32-3)26-24-22-20-18-16-14-12-10-8-6-4-5-7-9-11-13-15-17-19-21-23-25-27(28)29/h4-26H2,1-3H3,(H,28,29). The van der Waals surface area contributed by atoms with Crippen LogP contribution in [-0.2, 0) is 18.1 Å². The second-order valence-electron chi connectivity index (χ2n) is 9.61. The first-order valence-corrected chi connectivity index (χ1v) is 15.9. The molecule has 198 valence electrons. The molecule has 0 saturated heterocycles. The lowest BCUT2D eigenvalue weighted by atomic mass is 10.0.